The Morgan fingerprint density at radius 2 is 1.94 bits per heavy atom. The van der Waals surface area contributed by atoms with Gasteiger partial charge in [-0.15, -0.1) is 5.06 Å². The number of benzene rings is 1. The fraction of sp³-hybridized carbons (Fsp3) is 0.500. The lowest BCUT2D eigenvalue weighted by Crippen LogP contribution is -2.68. The highest BCUT2D eigenvalue weighted by molar-refractivity contribution is 5.27. The predicted molar refractivity (Wildman–Crippen MR) is 109 cm³/mol. The maximum atomic E-state index is 13.2. The number of H-pyrrole nitrogens is 1. The van der Waals surface area contributed by atoms with Gasteiger partial charge in [0.25, 0.3) is 5.56 Å². The molecule has 5 atom stereocenters. The summed E-state index contributed by atoms with van der Waals surface area (Å²) in [6.07, 6.45) is -3.01. The molecule has 1 saturated heterocycles. The second kappa shape index (κ2) is 9.30. The van der Waals surface area contributed by atoms with Crippen LogP contribution in [0.1, 0.15) is 24.0 Å². The average molecular weight is 471 g/mol. The monoisotopic (exact) mass is 471 g/mol. The van der Waals surface area contributed by atoms with E-state index in [9.17, 15) is 39.6 Å². The van der Waals surface area contributed by atoms with Gasteiger partial charge in [0.1, 0.15) is 18.0 Å². The Labute approximate surface area is 186 Å². The molecular formula is C20H26FN3O9. The van der Waals surface area contributed by atoms with Crippen molar-refractivity contribution in [3.8, 4) is 5.75 Å². The summed E-state index contributed by atoms with van der Waals surface area (Å²) in [7, 11) is 1.46. The molecule has 1 fully saturated rings. The van der Waals surface area contributed by atoms with Crippen LogP contribution in [-0.2, 0) is 17.2 Å². The largest absolute Gasteiger partial charge is 0.497 e. The van der Waals surface area contributed by atoms with E-state index in [-0.39, 0.29) is 10.6 Å². The molecule has 2 aromatic rings. The number of aromatic nitrogens is 2. The molecule has 2 heterocycles. The molecule has 3 rings (SSSR count). The van der Waals surface area contributed by atoms with Crippen molar-refractivity contribution in [2.75, 3.05) is 20.4 Å². The molecule has 0 bridgehead atoms. The van der Waals surface area contributed by atoms with Gasteiger partial charge in [-0.05, 0) is 17.7 Å². The van der Waals surface area contributed by atoms with Crippen LogP contribution in [0.5, 0.6) is 5.75 Å². The number of hydrogen-bond donors (Lipinski definition) is 6. The second-order valence-corrected chi connectivity index (χ2v) is 7.79. The first-order valence-electron chi connectivity index (χ1n) is 9.96. The highest BCUT2D eigenvalue weighted by atomic mass is 19.1. The van der Waals surface area contributed by atoms with Crippen molar-refractivity contribution in [3.63, 3.8) is 0 Å². The van der Waals surface area contributed by atoms with Crippen molar-refractivity contribution in [3.05, 3.63) is 62.4 Å². The molecule has 0 amide bonds. The number of ether oxygens (including phenoxy) is 2. The summed E-state index contributed by atoms with van der Waals surface area (Å²) < 4.78 is 23.8. The lowest BCUT2D eigenvalue weighted by atomic mass is 9.99. The summed E-state index contributed by atoms with van der Waals surface area (Å²) in [5.74, 6) is -3.69. The number of nitrogens with one attached hydrogen (secondary N) is 1. The third kappa shape index (κ3) is 4.08. The van der Waals surface area contributed by atoms with Crippen LogP contribution in [0.25, 0.3) is 0 Å². The highest BCUT2D eigenvalue weighted by Gasteiger charge is 2.70. The molecule has 0 aliphatic carbocycles. The lowest BCUT2D eigenvalue weighted by Gasteiger charge is -2.42. The van der Waals surface area contributed by atoms with Gasteiger partial charge in [0.2, 0.25) is 5.72 Å². The Bertz CT molecular complexity index is 1090. The minimum absolute atomic E-state index is 0.144. The number of hydrogen-bond acceptors (Lipinski definition) is 10. The van der Waals surface area contributed by atoms with Crippen LogP contribution in [-0.4, -0.2) is 78.6 Å². The topological polar surface area (TPSA) is 178 Å². The molecule has 0 radical (unpaired) electrons. The van der Waals surface area contributed by atoms with E-state index >= 15 is 0 Å². The van der Waals surface area contributed by atoms with Gasteiger partial charge in [-0.25, -0.2) is 9.36 Å². The van der Waals surface area contributed by atoms with Gasteiger partial charge < -0.3 is 35.1 Å². The van der Waals surface area contributed by atoms with Gasteiger partial charge in [-0.1, -0.05) is 19.1 Å². The van der Waals surface area contributed by atoms with Crippen LogP contribution in [0, 0.1) is 0 Å². The average Bonchev–Trinajstić information content (AvgIpc) is 3.01. The Morgan fingerprint density at radius 1 is 1.30 bits per heavy atom. The number of aliphatic hydroxyl groups excluding tert-OH is 2. The number of alkyl halides is 1. The molecule has 1 aromatic heterocycles. The van der Waals surface area contributed by atoms with E-state index in [1.807, 2.05) is 4.98 Å². The molecule has 1 aliphatic heterocycles. The minimum Gasteiger partial charge on any atom is -0.497 e. The fourth-order valence-corrected chi connectivity index (χ4v) is 3.68. The van der Waals surface area contributed by atoms with E-state index in [2.05, 4.69) is 0 Å². The molecular weight excluding hydrogens is 445 g/mol. The van der Waals surface area contributed by atoms with Crippen LogP contribution in [0.15, 0.2) is 40.1 Å². The van der Waals surface area contributed by atoms with Gasteiger partial charge in [0.05, 0.1) is 26.9 Å². The normalized spacial score (nSPS) is 28.3. The first kappa shape index (κ1) is 25.0. The zero-order chi connectivity index (χ0) is 24.6. The lowest BCUT2D eigenvalue weighted by molar-refractivity contribution is -0.413. The van der Waals surface area contributed by atoms with E-state index < -0.39 is 60.8 Å². The second-order valence-electron chi connectivity index (χ2n) is 7.79. The summed E-state index contributed by atoms with van der Waals surface area (Å²) in [6.45, 7) is -1.02. The van der Waals surface area contributed by atoms with Crippen LogP contribution in [0.3, 0.4) is 0 Å². The van der Waals surface area contributed by atoms with Crippen LogP contribution in [0.2, 0.25) is 0 Å². The third-order valence-corrected chi connectivity index (χ3v) is 5.68. The van der Waals surface area contributed by atoms with Gasteiger partial charge in [-0.3, -0.25) is 14.2 Å². The first-order valence-corrected chi connectivity index (χ1v) is 9.96. The van der Waals surface area contributed by atoms with E-state index in [1.54, 1.807) is 12.1 Å². The van der Waals surface area contributed by atoms with Gasteiger partial charge in [0, 0.05) is 17.7 Å². The maximum absolute atomic E-state index is 13.2. The summed E-state index contributed by atoms with van der Waals surface area (Å²) >= 11 is 0. The number of rotatable bonds is 8. The van der Waals surface area contributed by atoms with Crippen molar-refractivity contribution >= 4 is 0 Å². The SMILES string of the molecule is COc1ccc(CN(O)[C@@]2(O)[C@H](O)[C@@H](CO)O[C@]2(O)n2cc(C(C)CF)c(=O)[nH]c2=O)cc1. The molecule has 182 valence electrons. The van der Waals surface area contributed by atoms with Crippen molar-refractivity contribution < 1.29 is 39.5 Å². The Kier molecular flexibility index (Phi) is 7.04. The Balaban J connectivity index is 2.11. The Hall–Kier alpha value is -2.65. The molecule has 1 aliphatic rings. The minimum atomic E-state index is -3.20. The number of halogens is 1. The van der Waals surface area contributed by atoms with Crippen LogP contribution < -0.4 is 16.0 Å². The summed E-state index contributed by atoms with van der Waals surface area (Å²) in [4.78, 5) is 26.5. The number of aromatic amines is 1. The van der Waals surface area contributed by atoms with Gasteiger partial charge in [-0.2, -0.15) is 0 Å². The molecule has 33 heavy (non-hydrogen) atoms. The standard InChI is InChI=1S/C20H26FN3O9/c1-11(7-21)14-9-23(18(28)22-17(14)27)20(30)19(29,16(26)15(10-25)33-20)24(31)8-12-3-5-13(32-2)6-4-12/h3-6,9,11,15-16,25-26,29-31H,7-8,10H2,1-2H3,(H,22,27,28)/t11?,15-,16-,19-,20+/m1/s1. The maximum Gasteiger partial charge on any atom is 0.332 e. The van der Waals surface area contributed by atoms with E-state index in [0.29, 0.717) is 15.9 Å². The van der Waals surface area contributed by atoms with Crippen molar-refractivity contribution in [1.29, 1.82) is 0 Å². The zero-order valence-corrected chi connectivity index (χ0v) is 17.9. The predicted octanol–water partition coefficient (Wildman–Crippen LogP) is -1.45. The molecule has 1 unspecified atom stereocenters. The van der Waals surface area contributed by atoms with E-state index in [0.717, 1.165) is 6.20 Å². The fourth-order valence-electron chi connectivity index (χ4n) is 3.68. The molecule has 12 nitrogen and oxygen atoms in total. The zero-order valence-electron chi connectivity index (χ0n) is 17.9. The molecule has 0 saturated carbocycles. The van der Waals surface area contributed by atoms with E-state index in [1.165, 1.54) is 26.2 Å². The first-order chi connectivity index (χ1) is 15.5. The van der Waals surface area contributed by atoms with Gasteiger partial charge >= 0.3 is 11.6 Å². The van der Waals surface area contributed by atoms with Crippen molar-refractivity contribution in [1.82, 2.24) is 14.6 Å². The van der Waals surface area contributed by atoms with Crippen molar-refractivity contribution in [2.24, 2.45) is 0 Å². The van der Waals surface area contributed by atoms with Crippen LogP contribution >= 0.6 is 0 Å². The molecule has 0 spiro atoms. The van der Waals surface area contributed by atoms with E-state index in [4.69, 9.17) is 9.47 Å². The summed E-state index contributed by atoms with van der Waals surface area (Å²) in [6, 6.07) is 6.19. The number of methoxy groups -OCH3 is 1. The molecule has 13 heteroatoms. The quantitative estimate of drug-likeness (QED) is 0.197. The van der Waals surface area contributed by atoms with Crippen LogP contribution in [0.4, 0.5) is 4.39 Å². The van der Waals surface area contributed by atoms with Crippen molar-refractivity contribution in [2.45, 2.75) is 43.2 Å². The number of hydroxylamine groups is 2. The highest BCUT2D eigenvalue weighted by Crippen LogP contribution is 2.43. The molecule has 6 N–H and O–H groups in total. The number of aliphatic hydroxyl groups is 4. The molecule has 1 aromatic carbocycles. The Morgan fingerprint density at radius 3 is 2.48 bits per heavy atom. The smallest absolute Gasteiger partial charge is 0.332 e. The number of nitrogens with zero attached hydrogens (tertiary/aromatic N) is 2. The third-order valence-electron chi connectivity index (χ3n) is 5.68. The summed E-state index contributed by atoms with van der Waals surface area (Å²) in [5.41, 5.74) is -5.19. The summed E-state index contributed by atoms with van der Waals surface area (Å²) in [5, 5.41) is 53.8. The van der Waals surface area contributed by atoms with Gasteiger partial charge in [0.15, 0.2) is 0 Å².